The van der Waals surface area contributed by atoms with E-state index in [-0.39, 0.29) is 11.1 Å². The van der Waals surface area contributed by atoms with Gasteiger partial charge in [-0.25, -0.2) is 9.78 Å². The topological polar surface area (TPSA) is 90.4 Å². The first kappa shape index (κ1) is 20.8. The largest absolute Gasteiger partial charge is 0.378 e. The molecule has 0 amide bonds. The quantitative estimate of drug-likeness (QED) is 0.471. The van der Waals surface area contributed by atoms with Crippen molar-refractivity contribution in [2.24, 2.45) is 0 Å². The van der Waals surface area contributed by atoms with Gasteiger partial charge in [-0.3, -0.25) is 4.57 Å². The Kier molecular flexibility index (Phi) is 5.10. The summed E-state index contributed by atoms with van der Waals surface area (Å²) >= 11 is 6.05. The fourth-order valence-electron chi connectivity index (χ4n) is 3.74. The predicted molar refractivity (Wildman–Crippen MR) is 123 cm³/mol. The Morgan fingerprint density at radius 1 is 1.09 bits per heavy atom. The van der Waals surface area contributed by atoms with Gasteiger partial charge in [0.1, 0.15) is 0 Å². The van der Waals surface area contributed by atoms with E-state index in [2.05, 4.69) is 25.2 Å². The molecule has 1 aliphatic heterocycles. The summed E-state index contributed by atoms with van der Waals surface area (Å²) in [6.45, 7) is 9.10. The van der Waals surface area contributed by atoms with Gasteiger partial charge in [-0.05, 0) is 17.7 Å². The molecule has 1 fully saturated rings. The van der Waals surface area contributed by atoms with Gasteiger partial charge in [0.2, 0.25) is 0 Å². The number of hydrogen-bond donors (Lipinski definition) is 0. The lowest BCUT2D eigenvalue weighted by Crippen LogP contribution is -2.37. The normalized spacial score (nSPS) is 15.1. The van der Waals surface area contributed by atoms with Crippen LogP contribution >= 0.6 is 11.6 Å². The van der Waals surface area contributed by atoms with E-state index in [1.54, 1.807) is 4.57 Å². The van der Waals surface area contributed by atoms with Crippen LogP contribution in [0.2, 0.25) is 5.02 Å². The van der Waals surface area contributed by atoms with Crippen molar-refractivity contribution in [1.29, 1.82) is 0 Å². The van der Waals surface area contributed by atoms with E-state index in [9.17, 15) is 4.79 Å². The molecule has 5 rings (SSSR count). The minimum absolute atomic E-state index is 0.272. The van der Waals surface area contributed by atoms with Crippen LogP contribution in [0, 0.1) is 0 Å². The Balaban J connectivity index is 1.75. The smallest absolute Gasteiger partial charge is 0.351 e. The second-order valence-electron chi connectivity index (χ2n) is 8.95. The van der Waals surface area contributed by atoms with E-state index in [1.165, 1.54) is 4.52 Å². The zero-order chi connectivity index (χ0) is 22.5. The van der Waals surface area contributed by atoms with Gasteiger partial charge in [0.25, 0.3) is 0 Å². The number of anilines is 1. The maximum Gasteiger partial charge on any atom is 0.351 e. The molecule has 32 heavy (non-hydrogen) atoms. The third kappa shape index (κ3) is 3.71. The molecule has 0 bridgehead atoms. The lowest BCUT2D eigenvalue weighted by molar-refractivity contribution is 0.122. The van der Waals surface area contributed by atoms with Crippen LogP contribution in [-0.2, 0) is 16.7 Å². The van der Waals surface area contributed by atoms with Gasteiger partial charge in [0, 0.05) is 29.6 Å². The summed E-state index contributed by atoms with van der Waals surface area (Å²) in [5, 5.41) is 14.1. The zero-order valence-electron chi connectivity index (χ0n) is 18.2. The van der Waals surface area contributed by atoms with Crippen molar-refractivity contribution in [2.75, 3.05) is 31.2 Å². The van der Waals surface area contributed by atoms with Crippen LogP contribution < -0.4 is 10.6 Å². The molecule has 1 aliphatic rings. The van der Waals surface area contributed by atoms with Crippen molar-refractivity contribution < 1.29 is 4.74 Å². The standard InChI is InChI=1S/C22H24ClN7O2/c1-22(2,3)20-24-19-18-16(12-17(25-26-18)28-8-10-32-11-9-28)29(21(31)30(19)27-20)13-14-4-6-15(23)7-5-14/h4-7,12H,8-11,13H2,1-3H3. The molecule has 10 heteroatoms. The van der Waals surface area contributed by atoms with Crippen LogP contribution in [0.4, 0.5) is 5.82 Å². The number of nitrogens with zero attached hydrogens (tertiary/aromatic N) is 7. The second-order valence-corrected chi connectivity index (χ2v) is 9.39. The van der Waals surface area contributed by atoms with Crippen LogP contribution in [0.15, 0.2) is 35.1 Å². The number of ether oxygens (including phenoxy) is 1. The average molecular weight is 454 g/mol. The molecule has 0 saturated carbocycles. The molecule has 0 unspecified atom stereocenters. The van der Waals surface area contributed by atoms with E-state index in [4.69, 9.17) is 16.3 Å². The minimum atomic E-state index is -0.313. The summed E-state index contributed by atoms with van der Waals surface area (Å²) in [5.41, 5.74) is 1.99. The second kappa shape index (κ2) is 7.83. The molecule has 0 aliphatic carbocycles. The first-order valence-electron chi connectivity index (χ1n) is 10.6. The number of benzene rings is 1. The Morgan fingerprint density at radius 3 is 2.50 bits per heavy atom. The lowest BCUT2D eigenvalue weighted by atomic mass is 9.96. The van der Waals surface area contributed by atoms with E-state index < -0.39 is 0 Å². The van der Waals surface area contributed by atoms with Crippen molar-refractivity contribution in [3.63, 3.8) is 0 Å². The third-order valence-corrected chi connectivity index (χ3v) is 5.79. The molecule has 1 saturated heterocycles. The highest BCUT2D eigenvalue weighted by molar-refractivity contribution is 6.30. The van der Waals surface area contributed by atoms with Gasteiger partial charge in [-0.15, -0.1) is 15.3 Å². The summed E-state index contributed by atoms with van der Waals surface area (Å²) in [6, 6.07) is 9.36. The van der Waals surface area contributed by atoms with Crippen LogP contribution in [0.1, 0.15) is 32.2 Å². The highest BCUT2D eigenvalue weighted by Gasteiger charge is 2.24. The predicted octanol–water partition coefficient (Wildman–Crippen LogP) is 2.67. The zero-order valence-corrected chi connectivity index (χ0v) is 19.0. The highest BCUT2D eigenvalue weighted by Crippen LogP contribution is 2.24. The molecule has 0 atom stereocenters. The van der Waals surface area contributed by atoms with Gasteiger partial charge in [0.15, 0.2) is 22.8 Å². The van der Waals surface area contributed by atoms with Gasteiger partial charge in [-0.1, -0.05) is 44.5 Å². The number of aromatic nitrogens is 6. The van der Waals surface area contributed by atoms with Crippen LogP contribution in [-0.4, -0.2) is 55.7 Å². The number of hydrogen-bond acceptors (Lipinski definition) is 7. The van der Waals surface area contributed by atoms with Crippen LogP contribution in [0.3, 0.4) is 0 Å². The number of fused-ring (bicyclic) bond motifs is 3. The van der Waals surface area contributed by atoms with Gasteiger partial charge < -0.3 is 9.64 Å². The molecule has 0 radical (unpaired) electrons. The minimum Gasteiger partial charge on any atom is -0.378 e. The van der Waals surface area contributed by atoms with Crippen molar-refractivity contribution in [1.82, 2.24) is 29.4 Å². The van der Waals surface area contributed by atoms with E-state index >= 15 is 0 Å². The fraction of sp³-hybridized carbons (Fsp3) is 0.409. The van der Waals surface area contributed by atoms with Crippen molar-refractivity contribution in [3.8, 4) is 0 Å². The molecule has 9 nitrogen and oxygen atoms in total. The summed E-state index contributed by atoms with van der Waals surface area (Å²) in [7, 11) is 0. The highest BCUT2D eigenvalue weighted by atomic mass is 35.5. The lowest BCUT2D eigenvalue weighted by Gasteiger charge is -2.27. The molecule has 1 aromatic carbocycles. The molecule has 166 valence electrons. The van der Waals surface area contributed by atoms with E-state index in [1.807, 2.05) is 51.1 Å². The van der Waals surface area contributed by atoms with Crippen molar-refractivity contribution >= 4 is 34.1 Å². The molecule has 0 spiro atoms. The molecule has 3 aromatic heterocycles. The summed E-state index contributed by atoms with van der Waals surface area (Å²) in [4.78, 5) is 20.3. The molecule has 4 heterocycles. The van der Waals surface area contributed by atoms with Crippen LogP contribution in [0.5, 0.6) is 0 Å². The molecular formula is C22H24ClN7O2. The van der Waals surface area contributed by atoms with Gasteiger partial charge >= 0.3 is 5.69 Å². The van der Waals surface area contributed by atoms with Gasteiger partial charge in [-0.2, -0.15) is 4.52 Å². The summed E-state index contributed by atoms with van der Waals surface area (Å²) in [5.74, 6) is 1.30. The van der Waals surface area contributed by atoms with E-state index in [0.717, 1.165) is 18.7 Å². The monoisotopic (exact) mass is 453 g/mol. The van der Waals surface area contributed by atoms with E-state index in [0.29, 0.717) is 53.1 Å². The number of halogens is 1. The summed E-state index contributed by atoms with van der Waals surface area (Å²) < 4.78 is 8.46. The molecule has 0 N–H and O–H groups in total. The van der Waals surface area contributed by atoms with Crippen LogP contribution in [0.25, 0.3) is 16.7 Å². The first-order valence-corrected chi connectivity index (χ1v) is 10.9. The first-order chi connectivity index (χ1) is 15.3. The fourth-order valence-corrected chi connectivity index (χ4v) is 3.87. The van der Waals surface area contributed by atoms with Gasteiger partial charge in [0.05, 0.1) is 25.3 Å². The average Bonchev–Trinajstić information content (AvgIpc) is 3.25. The Labute approximate surface area is 189 Å². The van der Waals surface area contributed by atoms with Crippen molar-refractivity contribution in [2.45, 2.75) is 32.7 Å². The third-order valence-electron chi connectivity index (χ3n) is 5.54. The molecular weight excluding hydrogens is 430 g/mol. The summed E-state index contributed by atoms with van der Waals surface area (Å²) in [6.07, 6.45) is 0. The number of morpholine rings is 1. The Morgan fingerprint density at radius 2 is 1.81 bits per heavy atom. The Hall–Kier alpha value is -3.04. The molecule has 4 aromatic rings. The Bertz CT molecular complexity index is 1350. The number of rotatable bonds is 3. The maximum atomic E-state index is 13.6. The SMILES string of the molecule is CC(C)(C)c1nc2c3nnc(N4CCOCC4)cc3n(Cc3ccc(Cl)cc3)c(=O)n2n1. The maximum absolute atomic E-state index is 13.6. The van der Waals surface area contributed by atoms with Crippen molar-refractivity contribution in [3.05, 3.63) is 57.2 Å².